The molecule has 50 heavy (non-hydrogen) atoms. The van der Waals surface area contributed by atoms with Gasteiger partial charge in [0.1, 0.15) is 18.2 Å². The van der Waals surface area contributed by atoms with E-state index in [1.807, 2.05) is 67.6 Å². The Balaban J connectivity index is 1.50. The fourth-order valence-corrected chi connectivity index (χ4v) is 8.20. The number of esters is 1. The summed E-state index contributed by atoms with van der Waals surface area (Å²) >= 11 is 0. The molecule has 3 aliphatic rings. The van der Waals surface area contributed by atoms with E-state index < -0.39 is 53.5 Å². The summed E-state index contributed by atoms with van der Waals surface area (Å²) in [6.45, 7) is 11.4. The first-order valence-electron chi connectivity index (χ1n) is 17.9. The number of nitrogens with zero attached hydrogens (tertiary/aromatic N) is 2. The summed E-state index contributed by atoms with van der Waals surface area (Å²) in [7, 11) is 0. The van der Waals surface area contributed by atoms with Crippen molar-refractivity contribution in [1.29, 1.82) is 0 Å². The van der Waals surface area contributed by atoms with E-state index in [2.05, 4.69) is 25.4 Å². The third kappa shape index (κ3) is 7.42. The van der Waals surface area contributed by atoms with E-state index >= 15 is 0 Å². The number of rotatable bonds is 18. The van der Waals surface area contributed by atoms with Gasteiger partial charge in [-0.2, -0.15) is 0 Å². The molecule has 10 nitrogen and oxygen atoms in total. The van der Waals surface area contributed by atoms with E-state index in [1.165, 1.54) is 4.90 Å². The Morgan fingerprint density at radius 1 is 1.12 bits per heavy atom. The van der Waals surface area contributed by atoms with Gasteiger partial charge in [0.15, 0.2) is 0 Å². The Kier molecular flexibility index (Phi) is 12.3. The van der Waals surface area contributed by atoms with Crippen LogP contribution in [-0.4, -0.2) is 88.2 Å². The maximum absolute atomic E-state index is 14.8. The maximum Gasteiger partial charge on any atom is 0.306 e. The second kappa shape index (κ2) is 16.6. The summed E-state index contributed by atoms with van der Waals surface area (Å²) in [5.41, 5.74) is 0.419. The van der Waals surface area contributed by atoms with Crippen LogP contribution in [0, 0.1) is 11.8 Å². The van der Waals surface area contributed by atoms with Crippen molar-refractivity contribution in [3.8, 4) is 0 Å². The molecule has 1 unspecified atom stereocenters. The van der Waals surface area contributed by atoms with Crippen molar-refractivity contribution >= 4 is 23.7 Å². The van der Waals surface area contributed by atoms with Gasteiger partial charge in [-0.3, -0.25) is 19.2 Å². The van der Waals surface area contributed by atoms with Crippen molar-refractivity contribution in [3.05, 3.63) is 97.1 Å². The molecule has 3 amide bonds. The molecule has 8 atom stereocenters. The maximum atomic E-state index is 14.8. The van der Waals surface area contributed by atoms with Crippen molar-refractivity contribution in [2.24, 2.45) is 11.8 Å². The number of benzene rings is 2. The minimum atomic E-state index is -1.24. The van der Waals surface area contributed by atoms with Crippen molar-refractivity contribution in [3.63, 3.8) is 0 Å². The van der Waals surface area contributed by atoms with Crippen molar-refractivity contribution in [1.82, 2.24) is 15.1 Å². The lowest BCUT2D eigenvalue weighted by atomic mass is 9.70. The zero-order valence-electron chi connectivity index (χ0n) is 29.2. The van der Waals surface area contributed by atoms with Gasteiger partial charge < -0.3 is 29.7 Å². The smallest absolute Gasteiger partial charge is 0.306 e. The highest BCUT2D eigenvalue weighted by atomic mass is 16.5. The van der Waals surface area contributed by atoms with Crippen LogP contribution in [0.25, 0.3) is 0 Å². The second-order valence-electron chi connectivity index (χ2n) is 13.7. The van der Waals surface area contributed by atoms with E-state index in [1.54, 1.807) is 17.1 Å². The molecule has 3 aliphatic heterocycles. The van der Waals surface area contributed by atoms with Gasteiger partial charge in [0.2, 0.25) is 17.7 Å². The first kappa shape index (κ1) is 37.0. The van der Waals surface area contributed by atoms with E-state index in [9.17, 15) is 24.3 Å². The Labute approximate surface area is 295 Å². The van der Waals surface area contributed by atoms with E-state index in [-0.39, 0.29) is 37.5 Å². The minimum Gasteiger partial charge on any atom is -0.463 e. The summed E-state index contributed by atoms with van der Waals surface area (Å²) in [5, 5.41) is 13.9. The molecular weight excluding hydrogens is 634 g/mol. The average Bonchev–Trinajstić information content (AvgIpc) is 3.78. The van der Waals surface area contributed by atoms with E-state index in [4.69, 9.17) is 9.47 Å². The molecule has 2 N–H and O–H groups in total. The lowest BCUT2D eigenvalue weighted by Gasteiger charge is -2.41. The van der Waals surface area contributed by atoms with Crippen molar-refractivity contribution in [2.45, 2.75) is 94.7 Å². The van der Waals surface area contributed by atoms with Crippen LogP contribution in [0.5, 0.6) is 0 Å². The summed E-state index contributed by atoms with van der Waals surface area (Å²) in [6, 6.07) is 16.2. The molecule has 2 bridgehead atoms. The molecule has 10 heteroatoms. The van der Waals surface area contributed by atoms with Gasteiger partial charge in [-0.15, -0.1) is 13.2 Å². The number of nitrogens with one attached hydrogen (secondary N) is 1. The molecule has 2 aromatic carbocycles. The summed E-state index contributed by atoms with van der Waals surface area (Å²) in [4.78, 5) is 59.8. The van der Waals surface area contributed by atoms with Crippen molar-refractivity contribution in [2.75, 3.05) is 19.8 Å². The first-order chi connectivity index (χ1) is 24.2. The lowest BCUT2D eigenvalue weighted by Crippen LogP contribution is -2.60. The molecule has 0 saturated carbocycles. The summed E-state index contributed by atoms with van der Waals surface area (Å²) in [6.07, 6.45) is 6.30. The number of aliphatic hydroxyl groups excluding tert-OH is 1. The Morgan fingerprint density at radius 2 is 1.82 bits per heavy atom. The predicted octanol–water partition coefficient (Wildman–Crippen LogP) is 4.53. The predicted molar refractivity (Wildman–Crippen MR) is 189 cm³/mol. The zero-order chi connectivity index (χ0) is 35.8. The van der Waals surface area contributed by atoms with Crippen LogP contribution in [-0.2, 0) is 35.1 Å². The Morgan fingerprint density at radius 3 is 2.46 bits per heavy atom. The number of aliphatic hydroxyl groups is 1. The fraction of sp³-hybridized carbons (Fsp3) is 0.500. The van der Waals surface area contributed by atoms with Crippen LogP contribution >= 0.6 is 0 Å². The molecule has 5 rings (SSSR count). The Bertz CT molecular complexity index is 1520. The number of allylic oxidation sites excluding steroid dienone is 1. The fourth-order valence-electron chi connectivity index (χ4n) is 8.20. The van der Waals surface area contributed by atoms with Crippen molar-refractivity contribution < 1.29 is 33.8 Å². The van der Waals surface area contributed by atoms with Crippen LogP contribution in [0.15, 0.2) is 86.0 Å². The van der Waals surface area contributed by atoms with E-state index in [0.717, 1.165) is 24.0 Å². The number of fused-ring (bicyclic) bond motifs is 1. The SMILES string of the molecule is C=CCCC(=O)OC[C@H](NC(=O)[C@@H]1[C@@H]2CC[C@]3(O2)[C@H](C(=O)N(CC=C)C(C)CCC)N([C@@H](CO)Cc2ccccc2)C(=O)[C@@H]13)c1ccccc1. The van der Waals surface area contributed by atoms with Gasteiger partial charge in [-0.05, 0) is 50.2 Å². The number of likely N-dealkylation sites (tertiary alicyclic amines) is 1. The number of hydrogen-bond donors (Lipinski definition) is 2. The number of carbonyl (C=O) groups is 4. The van der Waals surface area contributed by atoms with E-state index in [0.29, 0.717) is 32.2 Å². The van der Waals surface area contributed by atoms with Gasteiger partial charge >= 0.3 is 5.97 Å². The average molecular weight is 686 g/mol. The topological polar surface area (TPSA) is 125 Å². The van der Waals surface area contributed by atoms with Crippen LogP contribution in [0.2, 0.25) is 0 Å². The molecule has 2 aromatic rings. The highest BCUT2D eigenvalue weighted by molar-refractivity contribution is 5.99. The van der Waals surface area contributed by atoms with Crippen LogP contribution in [0.1, 0.15) is 69.5 Å². The summed E-state index contributed by atoms with van der Waals surface area (Å²) < 4.78 is 12.3. The molecule has 0 aromatic heterocycles. The van der Waals surface area contributed by atoms with Gasteiger partial charge in [-0.1, -0.05) is 86.2 Å². The molecule has 3 fully saturated rings. The molecule has 3 heterocycles. The first-order valence-corrected chi connectivity index (χ1v) is 17.9. The molecule has 268 valence electrons. The molecule has 1 spiro atoms. The lowest BCUT2D eigenvalue weighted by molar-refractivity contribution is -0.152. The molecule has 3 saturated heterocycles. The van der Waals surface area contributed by atoms with Gasteiger partial charge in [0, 0.05) is 19.0 Å². The number of ether oxygens (including phenoxy) is 2. The molecule has 0 radical (unpaired) electrons. The largest absolute Gasteiger partial charge is 0.463 e. The van der Waals surface area contributed by atoms with Gasteiger partial charge in [0.05, 0.1) is 36.6 Å². The quantitative estimate of drug-likeness (QED) is 0.175. The number of hydrogen-bond acceptors (Lipinski definition) is 7. The number of amides is 3. The molecule has 0 aliphatic carbocycles. The minimum absolute atomic E-state index is 0.0868. The third-order valence-electron chi connectivity index (χ3n) is 10.5. The highest BCUT2D eigenvalue weighted by Crippen LogP contribution is 2.59. The van der Waals surface area contributed by atoms with Gasteiger partial charge in [-0.25, -0.2) is 0 Å². The Hall–Kier alpha value is -4.28. The zero-order valence-corrected chi connectivity index (χ0v) is 29.2. The second-order valence-corrected chi connectivity index (χ2v) is 13.7. The third-order valence-corrected chi connectivity index (χ3v) is 10.5. The standard InChI is InChI=1S/C40H51N3O7/c1-5-8-20-33(45)49-26-31(29-18-13-10-14-19-29)41-37(46)34-32-21-22-40(50-32)35(34)38(47)43(30(25-44)24-28-16-11-9-12-17-28)36(40)39(48)42(23-7-3)27(4)15-6-2/h5,7,9-14,16-19,27,30-32,34-36,44H,1,3,6,8,15,20-26H2,2,4H3,(H,41,46)/t27?,30-,31+,32+,34-,35-,36+,40-/m1/s1. The summed E-state index contributed by atoms with van der Waals surface area (Å²) in [5.74, 6) is -3.24. The number of carbonyl (C=O) groups excluding carboxylic acids is 4. The highest BCUT2D eigenvalue weighted by Gasteiger charge is 2.75. The van der Waals surface area contributed by atoms with Gasteiger partial charge in [0.25, 0.3) is 0 Å². The van der Waals surface area contributed by atoms with Crippen LogP contribution < -0.4 is 5.32 Å². The molecular formula is C40H51N3O7. The van der Waals surface area contributed by atoms with Crippen LogP contribution in [0.4, 0.5) is 0 Å². The monoisotopic (exact) mass is 685 g/mol. The normalized spacial score (nSPS) is 25.3. The van der Waals surface area contributed by atoms with Crippen LogP contribution in [0.3, 0.4) is 0 Å².